The molecule has 1 fully saturated rings. The van der Waals surface area contributed by atoms with Crippen LogP contribution in [-0.4, -0.2) is 63.3 Å². The molecule has 0 radical (unpaired) electrons. The third-order valence-corrected chi connectivity index (χ3v) is 6.09. The SMILES string of the molecule is CCCCCN1C(=O)C2C(N=C3N2C=C(C)N3C(C)c2ccccc2)N(C)C1=O. The second kappa shape index (κ2) is 7.54. The molecule has 4 rings (SSSR count). The summed E-state index contributed by atoms with van der Waals surface area (Å²) in [5, 5.41) is 0. The first-order chi connectivity index (χ1) is 14.0. The number of carbonyl (C=O) groups excluding carboxylic acids is 2. The molecule has 1 aromatic carbocycles. The number of hydrogen-bond donors (Lipinski definition) is 0. The second-order valence-electron chi connectivity index (χ2n) is 8.01. The Morgan fingerprint density at radius 1 is 1.14 bits per heavy atom. The largest absolute Gasteiger partial charge is 0.328 e. The highest BCUT2D eigenvalue weighted by molar-refractivity contribution is 6.04. The van der Waals surface area contributed by atoms with Gasteiger partial charge in [0.15, 0.2) is 12.2 Å². The van der Waals surface area contributed by atoms with E-state index in [1.165, 1.54) is 10.5 Å². The lowest BCUT2D eigenvalue weighted by Crippen LogP contribution is -2.64. The van der Waals surface area contributed by atoms with Gasteiger partial charge in [0.2, 0.25) is 5.96 Å². The van der Waals surface area contributed by atoms with Crippen LogP contribution in [-0.2, 0) is 4.79 Å². The molecular weight excluding hydrogens is 366 g/mol. The van der Waals surface area contributed by atoms with E-state index in [4.69, 9.17) is 4.99 Å². The van der Waals surface area contributed by atoms with E-state index in [0.717, 1.165) is 30.9 Å². The van der Waals surface area contributed by atoms with Crippen molar-refractivity contribution in [3.05, 3.63) is 47.8 Å². The molecule has 0 saturated carbocycles. The van der Waals surface area contributed by atoms with Crippen molar-refractivity contribution in [2.75, 3.05) is 13.6 Å². The molecule has 3 unspecified atom stereocenters. The van der Waals surface area contributed by atoms with Gasteiger partial charge in [-0.15, -0.1) is 0 Å². The van der Waals surface area contributed by atoms with Gasteiger partial charge in [-0.1, -0.05) is 50.1 Å². The molecule has 1 aromatic rings. The Bertz CT molecular complexity index is 865. The van der Waals surface area contributed by atoms with Gasteiger partial charge in [-0.3, -0.25) is 9.69 Å². The molecule has 3 aliphatic heterocycles. The fourth-order valence-electron chi connectivity index (χ4n) is 4.46. The van der Waals surface area contributed by atoms with Crippen molar-refractivity contribution in [2.24, 2.45) is 4.99 Å². The Morgan fingerprint density at radius 3 is 2.55 bits per heavy atom. The predicted molar refractivity (Wildman–Crippen MR) is 112 cm³/mol. The molecule has 0 aromatic heterocycles. The zero-order chi connectivity index (χ0) is 20.7. The van der Waals surface area contributed by atoms with Gasteiger partial charge in [-0.25, -0.2) is 9.79 Å². The normalized spacial score (nSPS) is 24.6. The lowest BCUT2D eigenvalue weighted by atomic mass is 10.1. The molecular formula is C22H29N5O2. The molecule has 7 heteroatoms. The number of carbonyl (C=O) groups is 2. The van der Waals surface area contributed by atoms with E-state index in [-0.39, 0.29) is 18.0 Å². The van der Waals surface area contributed by atoms with E-state index >= 15 is 0 Å². The third-order valence-electron chi connectivity index (χ3n) is 6.09. The van der Waals surface area contributed by atoms with Gasteiger partial charge in [0.25, 0.3) is 5.91 Å². The first kappa shape index (κ1) is 19.5. The van der Waals surface area contributed by atoms with Gasteiger partial charge >= 0.3 is 6.03 Å². The average Bonchev–Trinajstić information content (AvgIpc) is 3.23. The molecule has 3 heterocycles. The number of amides is 3. The number of aliphatic imine (C=N–C) groups is 1. The maximum Gasteiger partial charge on any atom is 0.328 e. The number of fused-ring (bicyclic) bond motifs is 3. The molecule has 3 atom stereocenters. The van der Waals surface area contributed by atoms with Gasteiger partial charge in [-0.2, -0.15) is 0 Å². The molecule has 7 nitrogen and oxygen atoms in total. The van der Waals surface area contributed by atoms with Crippen molar-refractivity contribution >= 4 is 17.9 Å². The molecule has 0 spiro atoms. The highest BCUT2D eigenvalue weighted by atomic mass is 16.2. The van der Waals surface area contributed by atoms with E-state index in [0.29, 0.717) is 6.54 Å². The molecule has 3 amide bonds. The quantitative estimate of drug-likeness (QED) is 0.693. The van der Waals surface area contributed by atoms with Crippen molar-refractivity contribution in [1.29, 1.82) is 0 Å². The number of nitrogens with zero attached hydrogens (tertiary/aromatic N) is 5. The number of allylic oxidation sites excluding steroid dienone is 1. The summed E-state index contributed by atoms with van der Waals surface area (Å²) in [7, 11) is 1.74. The topological polar surface area (TPSA) is 59.5 Å². The number of unbranched alkanes of at least 4 members (excludes halogenated alkanes) is 2. The van der Waals surface area contributed by atoms with Crippen LogP contribution >= 0.6 is 0 Å². The fraction of sp³-hybridized carbons (Fsp3) is 0.500. The van der Waals surface area contributed by atoms with Crippen LogP contribution in [0.25, 0.3) is 0 Å². The van der Waals surface area contributed by atoms with Crippen LogP contribution in [0, 0.1) is 0 Å². The molecule has 154 valence electrons. The summed E-state index contributed by atoms with van der Waals surface area (Å²) in [5.41, 5.74) is 2.22. The number of rotatable bonds is 6. The molecule has 0 bridgehead atoms. The number of guanidine groups is 1. The summed E-state index contributed by atoms with van der Waals surface area (Å²) in [6, 6.07) is 9.59. The van der Waals surface area contributed by atoms with Crippen molar-refractivity contribution in [1.82, 2.24) is 19.6 Å². The van der Waals surface area contributed by atoms with Crippen LogP contribution in [0.15, 0.2) is 47.2 Å². The maximum absolute atomic E-state index is 13.3. The fourth-order valence-corrected chi connectivity index (χ4v) is 4.46. The molecule has 1 saturated heterocycles. The lowest BCUT2D eigenvalue weighted by Gasteiger charge is -2.40. The maximum atomic E-state index is 13.3. The third kappa shape index (κ3) is 3.09. The minimum atomic E-state index is -0.489. The zero-order valence-electron chi connectivity index (χ0n) is 17.6. The van der Waals surface area contributed by atoms with E-state index in [2.05, 4.69) is 30.9 Å². The van der Waals surface area contributed by atoms with E-state index in [9.17, 15) is 9.59 Å². The molecule has 0 aliphatic carbocycles. The van der Waals surface area contributed by atoms with Crippen molar-refractivity contribution in [3.8, 4) is 0 Å². The number of benzene rings is 1. The molecule has 0 N–H and O–H groups in total. The molecule has 29 heavy (non-hydrogen) atoms. The Hall–Kier alpha value is -2.83. The van der Waals surface area contributed by atoms with Crippen LogP contribution < -0.4 is 0 Å². The van der Waals surface area contributed by atoms with E-state index < -0.39 is 12.2 Å². The van der Waals surface area contributed by atoms with Gasteiger partial charge in [0, 0.05) is 25.5 Å². The summed E-state index contributed by atoms with van der Waals surface area (Å²) in [5.74, 6) is 0.600. The first-order valence-corrected chi connectivity index (χ1v) is 10.4. The summed E-state index contributed by atoms with van der Waals surface area (Å²) in [6.07, 6.45) is 4.39. The summed E-state index contributed by atoms with van der Waals surface area (Å²) in [6.45, 7) is 6.75. The minimum absolute atomic E-state index is 0.0770. The average molecular weight is 396 g/mol. The Morgan fingerprint density at radius 2 is 1.86 bits per heavy atom. The summed E-state index contributed by atoms with van der Waals surface area (Å²) < 4.78 is 0. The number of urea groups is 1. The summed E-state index contributed by atoms with van der Waals surface area (Å²) >= 11 is 0. The van der Waals surface area contributed by atoms with Crippen LogP contribution in [0.1, 0.15) is 51.6 Å². The van der Waals surface area contributed by atoms with Crippen LogP contribution in [0.4, 0.5) is 4.79 Å². The second-order valence-corrected chi connectivity index (χ2v) is 8.01. The smallest absolute Gasteiger partial charge is 0.308 e. The first-order valence-electron chi connectivity index (χ1n) is 10.4. The van der Waals surface area contributed by atoms with Gasteiger partial charge in [0.05, 0.1) is 6.04 Å². The summed E-state index contributed by atoms with van der Waals surface area (Å²) in [4.78, 5) is 38.0. The highest BCUT2D eigenvalue weighted by Crippen LogP contribution is 2.38. The van der Waals surface area contributed by atoms with Crippen molar-refractivity contribution < 1.29 is 9.59 Å². The van der Waals surface area contributed by atoms with Crippen LogP contribution in [0.5, 0.6) is 0 Å². The highest BCUT2D eigenvalue weighted by Gasteiger charge is 2.54. The van der Waals surface area contributed by atoms with Gasteiger partial charge in [0.1, 0.15) is 0 Å². The van der Waals surface area contributed by atoms with Crippen LogP contribution in [0.2, 0.25) is 0 Å². The van der Waals surface area contributed by atoms with E-state index in [1.807, 2.05) is 36.2 Å². The number of imide groups is 1. The minimum Gasteiger partial charge on any atom is -0.308 e. The zero-order valence-corrected chi connectivity index (χ0v) is 17.6. The van der Waals surface area contributed by atoms with Gasteiger partial charge < -0.3 is 14.7 Å². The monoisotopic (exact) mass is 395 g/mol. The lowest BCUT2D eigenvalue weighted by molar-refractivity contribution is -0.136. The molecule has 3 aliphatic rings. The van der Waals surface area contributed by atoms with E-state index in [1.54, 1.807) is 11.9 Å². The standard InChI is InChI=1S/C22H29N5O2/c1-5-6-10-13-25-20(28)18-19(24(4)22(25)29)23-21-26(18)14-15(2)27(21)16(3)17-11-8-7-9-12-17/h7-9,11-12,14,16,18-19H,5-6,10,13H2,1-4H3. The Balaban J connectivity index is 1.62. The number of hydrogen-bond acceptors (Lipinski definition) is 5. The number of likely N-dealkylation sites (N-methyl/N-ethyl adjacent to an activating group) is 1. The van der Waals surface area contributed by atoms with Crippen molar-refractivity contribution in [3.63, 3.8) is 0 Å². The Labute approximate surface area is 172 Å². The predicted octanol–water partition coefficient (Wildman–Crippen LogP) is 3.38. The van der Waals surface area contributed by atoms with Crippen LogP contribution in [0.3, 0.4) is 0 Å². The Kier molecular flexibility index (Phi) is 5.06. The van der Waals surface area contributed by atoms with Gasteiger partial charge in [-0.05, 0) is 25.8 Å². The van der Waals surface area contributed by atoms with Crippen molar-refractivity contribution in [2.45, 2.75) is 58.3 Å².